The fourth-order valence-corrected chi connectivity index (χ4v) is 6.15. The maximum Gasteiger partial charge on any atom is 0.276 e. The van der Waals surface area contributed by atoms with Gasteiger partial charge in [-0.2, -0.15) is 5.10 Å². The second kappa shape index (κ2) is 8.72. The molecule has 0 radical (unpaired) electrons. The van der Waals surface area contributed by atoms with E-state index in [1.807, 2.05) is 6.92 Å². The van der Waals surface area contributed by atoms with Crippen molar-refractivity contribution >= 4 is 26.4 Å². The number of nitrogens with zero attached hydrogens (tertiary/aromatic N) is 3. The number of aromatic nitrogens is 3. The highest BCUT2D eigenvalue weighted by atomic mass is 32.2. The fraction of sp³-hybridized carbons (Fsp3) is 0.458. The summed E-state index contributed by atoms with van der Waals surface area (Å²) in [6, 6.07) is 6.26. The van der Waals surface area contributed by atoms with Crippen LogP contribution in [0.25, 0.3) is 10.8 Å². The standard InChI is InChI=1S/C24H28F2N4O3S/c1-14-17(6-5-7-20(14)24(3,25)26)15(2)28-22-18-12-21(16-8-10-34(32,33)11-9-16)27-13-19(18)23(31)30(4)29-22/h5-7,12-13,15-16H,8-11H2,1-4H3,(H,28,29)/t15-/m1/s1. The Bertz CT molecular complexity index is 1400. The van der Waals surface area contributed by atoms with Crippen molar-refractivity contribution < 1.29 is 17.2 Å². The van der Waals surface area contributed by atoms with Crippen LogP contribution >= 0.6 is 0 Å². The third-order valence-corrected chi connectivity index (χ3v) is 8.31. The van der Waals surface area contributed by atoms with Crippen LogP contribution in [0.15, 0.2) is 35.3 Å². The molecule has 1 saturated heterocycles. The highest BCUT2D eigenvalue weighted by Gasteiger charge is 2.29. The Morgan fingerprint density at radius 3 is 2.53 bits per heavy atom. The maximum absolute atomic E-state index is 14.0. The van der Waals surface area contributed by atoms with Gasteiger partial charge in [0.2, 0.25) is 0 Å². The van der Waals surface area contributed by atoms with Crippen molar-refractivity contribution in [3.8, 4) is 0 Å². The van der Waals surface area contributed by atoms with Crippen LogP contribution in [-0.2, 0) is 22.8 Å². The first-order valence-corrected chi connectivity index (χ1v) is 13.0. The fourth-order valence-electron chi connectivity index (χ4n) is 4.66. The lowest BCUT2D eigenvalue weighted by Crippen LogP contribution is -2.24. The second-order valence-corrected chi connectivity index (χ2v) is 11.4. The second-order valence-electron chi connectivity index (χ2n) is 9.13. The van der Waals surface area contributed by atoms with Gasteiger partial charge in [0.25, 0.3) is 11.5 Å². The number of aryl methyl sites for hydroxylation is 1. The van der Waals surface area contributed by atoms with E-state index < -0.39 is 15.8 Å². The SMILES string of the molecule is Cc1c([C@@H](C)Nc2nn(C)c(=O)c3cnc(C4CCS(=O)(=O)CC4)cc23)cccc1C(C)(F)F. The number of fused-ring (bicyclic) bond motifs is 1. The van der Waals surface area contributed by atoms with E-state index in [1.54, 1.807) is 32.2 Å². The number of hydrogen-bond donors (Lipinski definition) is 1. The van der Waals surface area contributed by atoms with Crippen LogP contribution in [0, 0.1) is 6.92 Å². The van der Waals surface area contributed by atoms with Gasteiger partial charge in [-0.3, -0.25) is 9.78 Å². The molecule has 0 amide bonds. The Morgan fingerprint density at radius 2 is 1.88 bits per heavy atom. The van der Waals surface area contributed by atoms with Crippen molar-refractivity contribution in [2.24, 2.45) is 7.05 Å². The van der Waals surface area contributed by atoms with Gasteiger partial charge in [0, 0.05) is 42.7 Å². The predicted molar refractivity (Wildman–Crippen MR) is 128 cm³/mol. The van der Waals surface area contributed by atoms with Crippen molar-refractivity contribution in [1.29, 1.82) is 0 Å². The highest BCUT2D eigenvalue weighted by Crippen LogP contribution is 2.35. The topological polar surface area (TPSA) is 93.9 Å². The molecule has 3 heterocycles. The Balaban J connectivity index is 1.74. The molecule has 10 heteroatoms. The van der Waals surface area contributed by atoms with Crippen LogP contribution < -0.4 is 10.9 Å². The number of nitrogens with one attached hydrogen (secondary N) is 1. The number of sulfone groups is 1. The predicted octanol–water partition coefficient (Wildman–Crippen LogP) is 4.21. The van der Waals surface area contributed by atoms with Crippen LogP contribution in [0.3, 0.4) is 0 Å². The first kappa shape index (κ1) is 24.3. The smallest absolute Gasteiger partial charge is 0.276 e. The Kier molecular flexibility index (Phi) is 6.22. The molecule has 1 aliphatic rings. The average molecular weight is 491 g/mol. The lowest BCUT2D eigenvalue weighted by molar-refractivity contribution is 0.0167. The summed E-state index contributed by atoms with van der Waals surface area (Å²) in [4.78, 5) is 17.2. The Hall–Kier alpha value is -2.88. The number of pyridine rings is 1. The number of alkyl halides is 2. The van der Waals surface area contributed by atoms with Crippen molar-refractivity contribution in [1.82, 2.24) is 14.8 Å². The maximum atomic E-state index is 14.0. The van der Waals surface area contributed by atoms with Gasteiger partial charge < -0.3 is 5.32 Å². The molecule has 0 saturated carbocycles. The molecule has 1 fully saturated rings. The summed E-state index contributed by atoms with van der Waals surface area (Å²) in [5.41, 5.74) is 1.58. The molecule has 1 aromatic carbocycles. The molecular formula is C24H28F2N4O3S. The summed E-state index contributed by atoms with van der Waals surface area (Å²) in [6.45, 7) is 4.41. The molecule has 2 aromatic heterocycles. The molecule has 1 atom stereocenters. The first-order chi connectivity index (χ1) is 15.9. The summed E-state index contributed by atoms with van der Waals surface area (Å²) >= 11 is 0. The Morgan fingerprint density at radius 1 is 1.21 bits per heavy atom. The average Bonchev–Trinajstić information content (AvgIpc) is 2.76. The molecular weight excluding hydrogens is 462 g/mol. The molecule has 0 spiro atoms. The van der Waals surface area contributed by atoms with Gasteiger partial charge in [0.05, 0.1) is 22.9 Å². The lowest BCUT2D eigenvalue weighted by atomic mass is 9.94. The van der Waals surface area contributed by atoms with Crippen LogP contribution in [0.4, 0.5) is 14.6 Å². The molecule has 1 N–H and O–H groups in total. The number of anilines is 1. The summed E-state index contributed by atoms with van der Waals surface area (Å²) in [7, 11) is -1.47. The zero-order valence-corrected chi connectivity index (χ0v) is 20.4. The molecule has 4 rings (SSSR count). The van der Waals surface area contributed by atoms with Gasteiger partial charge in [-0.25, -0.2) is 21.9 Å². The number of hydrogen-bond acceptors (Lipinski definition) is 6. The molecule has 0 unspecified atom stereocenters. The van der Waals surface area contributed by atoms with E-state index in [-0.39, 0.29) is 34.6 Å². The summed E-state index contributed by atoms with van der Waals surface area (Å²) in [6.07, 6.45) is 2.47. The van der Waals surface area contributed by atoms with Gasteiger partial charge in [-0.15, -0.1) is 0 Å². The van der Waals surface area contributed by atoms with Gasteiger partial charge in [0.1, 0.15) is 9.84 Å². The monoisotopic (exact) mass is 490 g/mol. The largest absolute Gasteiger partial charge is 0.362 e. The van der Waals surface area contributed by atoms with Crippen LogP contribution in [0.5, 0.6) is 0 Å². The van der Waals surface area contributed by atoms with Gasteiger partial charge in [-0.1, -0.05) is 18.2 Å². The van der Waals surface area contributed by atoms with Crippen LogP contribution in [0.2, 0.25) is 0 Å². The van der Waals surface area contributed by atoms with E-state index in [2.05, 4.69) is 15.4 Å². The minimum absolute atomic E-state index is 0.0204. The molecule has 3 aromatic rings. The van der Waals surface area contributed by atoms with Crippen molar-refractivity contribution in [2.75, 3.05) is 16.8 Å². The lowest BCUT2D eigenvalue weighted by Gasteiger charge is -2.23. The third kappa shape index (κ3) is 4.68. The molecule has 0 aliphatic carbocycles. The van der Waals surface area contributed by atoms with Gasteiger partial charge in [0.15, 0.2) is 5.82 Å². The number of benzene rings is 1. The normalized spacial score (nSPS) is 17.6. The van der Waals surface area contributed by atoms with E-state index >= 15 is 0 Å². The minimum Gasteiger partial charge on any atom is -0.362 e. The summed E-state index contributed by atoms with van der Waals surface area (Å²) in [5, 5.41) is 8.64. The first-order valence-electron chi connectivity index (χ1n) is 11.2. The molecule has 34 heavy (non-hydrogen) atoms. The molecule has 182 valence electrons. The van der Waals surface area contributed by atoms with E-state index in [4.69, 9.17) is 0 Å². The van der Waals surface area contributed by atoms with Crippen LogP contribution in [0.1, 0.15) is 61.0 Å². The van der Waals surface area contributed by atoms with Crippen molar-refractivity contribution in [2.45, 2.75) is 51.5 Å². The summed E-state index contributed by atoms with van der Waals surface area (Å²) in [5.74, 6) is -2.31. The van der Waals surface area contributed by atoms with E-state index in [0.717, 1.165) is 12.6 Å². The van der Waals surface area contributed by atoms with Gasteiger partial charge >= 0.3 is 0 Å². The minimum atomic E-state index is -3.01. The zero-order chi connectivity index (χ0) is 24.8. The molecule has 7 nitrogen and oxygen atoms in total. The summed E-state index contributed by atoms with van der Waals surface area (Å²) < 4.78 is 52.9. The van der Waals surface area contributed by atoms with Crippen molar-refractivity contribution in [3.63, 3.8) is 0 Å². The zero-order valence-electron chi connectivity index (χ0n) is 19.6. The van der Waals surface area contributed by atoms with Crippen LogP contribution in [-0.4, -0.2) is 34.7 Å². The number of halogens is 2. The Labute approximate surface area is 197 Å². The third-order valence-electron chi connectivity index (χ3n) is 6.60. The van der Waals surface area contributed by atoms with E-state index in [0.29, 0.717) is 40.6 Å². The number of rotatable bonds is 5. The molecule has 1 aliphatic heterocycles. The van der Waals surface area contributed by atoms with Gasteiger partial charge in [-0.05, 0) is 43.9 Å². The highest BCUT2D eigenvalue weighted by molar-refractivity contribution is 7.91. The quantitative estimate of drug-likeness (QED) is 0.576. The van der Waals surface area contributed by atoms with E-state index in [9.17, 15) is 22.0 Å². The van der Waals surface area contributed by atoms with Crippen molar-refractivity contribution in [3.05, 3.63) is 63.2 Å². The van der Waals surface area contributed by atoms with E-state index in [1.165, 1.54) is 16.9 Å². The molecule has 0 bridgehead atoms.